The average molecular weight is 248 g/mol. The summed E-state index contributed by atoms with van der Waals surface area (Å²) in [6, 6.07) is 0. The SMILES string of the molecule is C=C=COOCCOC1C2CCC1C1CC=CC12. The number of ether oxygens (including phenoxy) is 1. The van der Waals surface area contributed by atoms with Gasteiger partial charge in [-0.15, -0.1) is 0 Å². The van der Waals surface area contributed by atoms with Gasteiger partial charge in [0.05, 0.1) is 12.7 Å². The largest absolute Gasteiger partial charge is 0.375 e. The summed E-state index contributed by atoms with van der Waals surface area (Å²) in [6.07, 6.45) is 10.5. The molecule has 0 saturated heterocycles. The quantitative estimate of drug-likeness (QED) is 0.181. The second kappa shape index (κ2) is 5.31. The molecule has 5 unspecified atom stereocenters. The molecule has 0 spiro atoms. The Bertz CT molecular complexity index is 370. The lowest BCUT2D eigenvalue weighted by molar-refractivity contribution is -0.257. The molecule has 2 fully saturated rings. The summed E-state index contributed by atoms with van der Waals surface area (Å²) >= 11 is 0. The Balaban J connectivity index is 1.44. The van der Waals surface area contributed by atoms with Crippen molar-refractivity contribution in [1.82, 2.24) is 0 Å². The molecule has 0 amide bonds. The van der Waals surface area contributed by atoms with Crippen LogP contribution in [0, 0.1) is 23.7 Å². The van der Waals surface area contributed by atoms with E-state index in [1.54, 1.807) is 0 Å². The van der Waals surface area contributed by atoms with E-state index in [4.69, 9.17) is 14.5 Å². The zero-order chi connectivity index (χ0) is 12.4. The normalized spacial score (nSPS) is 39.7. The molecular weight excluding hydrogens is 228 g/mol. The maximum Gasteiger partial charge on any atom is 0.171 e. The van der Waals surface area contributed by atoms with Crippen molar-refractivity contribution in [3.63, 3.8) is 0 Å². The fourth-order valence-electron chi connectivity index (χ4n) is 4.09. The maximum atomic E-state index is 6.02. The zero-order valence-corrected chi connectivity index (χ0v) is 10.6. The van der Waals surface area contributed by atoms with Gasteiger partial charge in [-0.05, 0) is 42.9 Å². The Morgan fingerprint density at radius 2 is 2.11 bits per heavy atom. The Morgan fingerprint density at radius 3 is 2.94 bits per heavy atom. The number of hydrogen-bond acceptors (Lipinski definition) is 3. The Labute approximate surface area is 108 Å². The molecule has 0 radical (unpaired) electrons. The van der Waals surface area contributed by atoms with Crippen LogP contribution >= 0.6 is 0 Å². The molecule has 2 saturated carbocycles. The molecule has 3 aliphatic carbocycles. The highest BCUT2D eigenvalue weighted by Gasteiger charge is 2.54. The summed E-state index contributed by atoms with van der Waals surface area (Å²) in [5.74, 6) is 3.15. The number of fused-ring (bicyclic) bond motifs is 5. The van der Waals surface area contributed by atoms with Gasteiger partial charge in [-0.1, -0.05) is 24.5 Å². The molecule has 0 aromatic rings. The van der Waals surface area contributed by atoms with Crippen LogP contribution in [0.1, 0.15) is 19.3 Å². The van der Waals surface area contributed by atoms with E-state index >= 15 is 0 Å². The topological polar surface area (TPSA) is 27.7 Å². The van der Waals surface area contributed by atoms with Crippen molar-refractivity contribution in [3.8, 4) is 0 Å². The zero-order valence-electron chi connectivity index (χ0n) is 10.6. The highest BCUT2D eigenvalue weighted by molar-refractivity contribution is 5.15. The first-order valence-corrected chi connectivity index (χ1v) is 6.82. The van der Waals surface area contributed by atoms with Crippen LogP contribution in [0.25, 0.3) is 0 Å². The van der Waals surface area contributed by atoms with E-state index in [2.05, 4.69) is 24.5 Å². The van der Waals surface area contributed by atoms with Gasteiger partial charge in [-0.3, -0.25) is 0 Å². The van der Waals surface area contributed by atoms with Gasteiger partial charge in [0.15, 0.2) is 6.26 Å². The minimum absolute atomic E-state index is 0.448. The van der Waals surface area contributed by atoms with Crippen molar-refractivity contribution in [2.45, 2.75) is 25.4 Å². The number of allylic oxidation sites excluding steroid dienone is 2. The number of rotatable bonds is 6. The molecule has 0 aromatic carbocycles. The lowest BCUT2D eigenvalue weighted by atomic mass is 9.82. The molecule has 3 nitrogen and oxygen atoms in total. The van der Waals surface area contributed by atoms with Crippen LogP contribution < -0.4 is 0 Å². The molecule has 0 heterocycles. The molecule has 3 rings (SSSR count). The first-order valence-electron chi connectivity index (χ1n) is 6.82. The molecule has 3 heteroatoms. The Hall–Kier alpha value is -1.02. The predicted molar refractivity (Wildman–Crippen MR) is 67.4 cm³/mol. The molecule has 0 aliphatic heterocycles. The fraction of sp³-hybridized carbons (Fsp3) is 0.667. The van der Waals surface area contributed by atoms with Crippen molar-refractivity contribution in [3.05, 3.63) is 30.7 Å². The van der Waals surface area contributed by atoms with E-state index in [0.717, 1.165) is 23.7 Å². The van der Waals surface area contributed by atoms with Gasteiger partial charge < -0.3 is 9.62 Å². The van der Waals surface area contributed by atoms with Crippen LogP contribution in [0.3, 0.4) is 0 Å². The van der Waals surface area contributed by atoms with Gasteiger partial charge in [-0.2, -0.15) is 4.89 Å². The summed E-state index contributed by atoms with van der Waals surface area (Å²) in [5.41, 5.74) is 2.48. The molecule has 0 aromatic heterocycles. The summed E-state index contributed by atoms with van der Waals surface area (Å²) in [5, 5.41) is 0. The highest BCUT2D eigenvalue weighted by atomic mass is 17.2. The molecule has 0 N–H and O–H groups in total. The third kappa shape index (κ3) is 2.03. The Kier molecular flexibility index (Phi) is 3.55. The maximum absolute atomic E-state index is 6.02. The fourth-order valence-corrected chi connectivity index (χ4v) is 4.09. The van der Waals surface area contributed by atoms with E-state index in [9.17, 15) is 0 Å². The third-order valence-corrected chi connectivity index (χ3v) is 4.66. The molecule has 3 aliphatic rings. The molecular formula is C15H20O3. The lowest BCUT2D eigenvalue weighted by Crippen LogP contribution is -2.22. The molecule has 98 valence electrons. The summed E-state index contributed by atoms with van der Waals surface area (Å²) in [7, 11) is 0. The standard InChI is InChI=1S/C15H20O3/c1-2-8-17-18-10-9-16-15-13-6-7-14(15)12-5-3-4-11(12)13/h3-4,8,11-15H,1,5-7,9-10H2. The third-order valence-electron chi connectivity index (χ3n) is 4.66. The lowest BCUT2D eigenvalue weighted by Gasteiger charge is -2.22. The van der Waals surface area contributed by atoms with Crippen molar-refractivity contribution in [2.75, 3.05) is 13.2 Å². The van der Waals surface area contributed by atoms with Gasteiger partial charge in [0, 0.05) is 0 Å². The predicted octanol–water partition coefficient (Wildman–Crippen LogP) is 2.85. The smallest absolute Gasteiger partial charge is 0.171 e. The van der Waals surface area contributed by atoms with Crippen LogP contribution in [0.4, 0.5) is 0 Å². The van der Waals surface area contributed by atoms with Gasteiger partial charge in [-0.25, -0.2) is 0 Å². The van der Waals surface area contributed by atoms with E-state index in [1.165, 1.54) is 25.5 Å². The van der Waals surface area contributed by atoms with E-state index < -0.39 is 0 Å². The first kappa shape index (κ1) is 12.0. The minimum Gasteiger partial charge on any atom is -0.375 e. The van der Waals surface area contributed by atoms with Crippen LogP contribution in [-0.4, -0.2) is 19.3 Å². The monoisotopic (exact) mass is 248 g/mol. The molecule has 2 bridgehead atoms. The highest BCUT2D eigenvalue weighted by Crippen LogP contribution is 2.57. The van der Waals surface area contributed by atoms with Gasteiger partial charge >= 0.3 is 0 Å². The van der Waals surface area contributed by atoms with Gasteiger partial charge in [0.25, 0.3) is 0 Å². The van der Waals surface area contributed by atoms with Crippen molar-refractivity contribution < 1.29 is 14.5 Å². The van der Waals surface area contributed by atoms with E-state index in [-0.39, 0.29) is 0 Å². The van der Waals surface area contributed by atoms with Crippen LogP contribution in [0.15, 0.2) is 30.7 Å². The van der Waals surface area contributed by atoms with Crippen molar-refractivity contribution >= 4 is 0 Å². The van der Waals surface area contributed by atoms with Gasteiger partial charge in [0.2, 0.25) is 0 Å². The summed E-state index contributed by atoms with van der Waals surface area (Å²) in [6.45, 7) is 4.44. The first-order chi connectivity index (χ1) is 8.92. The van der Waals surface area contributed by atoms with Crippen LogP contribution in [0.2, 0.25) is 0 Å². The van der Waals surface area contributed by atoms with Crippen molar-refractivity contribution in [2.24, 2.45) is 23.7 Å². The number of hydrogen-bond donors (Lipinski definition) is 0. The molecule has 18 heavy (non-hydrogen) atoms. The van der Waals surface area contributed by atoms with E-state index in [1.807, 2.05) is 0 Å². The summed E-state index contributed by atoms with van der Waals surface area (Å²) in [4.78, 5) is 9.62. The van der Waals surface area contributed by atoms with Crippen LogP contribution in [0.5, 0.6) is 0 Å². The van der Waals surface area contributed by atoms with Crippen molar-refractivity contribution in [1.29, 1.82) is 0 Å². The van der Waals surface area contributed by atoms with Crippen LogP contribution in [-0.2, 0) is 14.5 Å². The second-order valence-corrected chi connectivity index (χ2v) is 5.39. The minimum atomic E-state index is 0.448. The van der Waals surface area contributed by atoms with E-state index in [0.29, 0.717) is 19.3 Å². The second-order valence-electron chi connectivity index (χ2n) is 5.39. The van der Waals surface area contributed by atoms with Gasteiger partial charge in [0.1, 0.15) is 6.61 Å². The summed E-state index contributed by atoms with van der Waals surface area (Å²) < 4.78 is 6.02. The molecule has 5 atom stereocenters. The average Bonchev–Trinajstić information content (AvgIpc) is 3.05. The Morgan fingerprint density at radius 1 is 1.22 bits per heavy atom.